The SMILES string of the molecule is C[C@]12CC[C@H](O1)[C@H]1C(=O)OC(=O)[C@@H]12. The molecular weight excluding hydrogens is 172 g/mol. The highest BCUT2D eigenvalue weighted by Crippen LogP contribution is 2.54. The number of carbonyl (C=O) groups is 2. The van der Waals surface area contributed by atoms with Crippen LogP contribution in [0.1, 0.15) is 19.8 Å². The summed E-state index contributed by atoms with van der Waals surface area (Å²) in [5.41, 5.74) is -0.432. The zero-order valence-electron chi connectivity index (χ0n) is 7.28. The van der Waals surface area contributed by atoms with Crippen LogP contribution >= 0.6 is 0 Å². The van der Waals surface area contributed by atoms with Gasteiger partial charge in [-0.1, -0.05) is 0 Å². The van der Waals surface area contributed by atoms with Gasteiger partial charge in [0.2, 0.25) is 0 Å². The summed E-state index contributed by atoms with van der Waals surface area (Å²) in [6, 6.07) is 0. The molecule has 2 bridgehead atoms. The predicted octanol–water partition coefficient (Wildman–Crippen LogP) is 0.254. The van der Waals surface area contributed by atoms with Gasteiger partial charge >= 0.3 is 11.9 Å². The molecule has 0 amide bonds. The first-order chi connectivity index (χ1) is 6.12. The molecule has 0 saturated carbocycles. The molecule has 4 nitrogen and oxygen atoms in total. The lowest BCUT2D eigenvalue weighted by molar-refractivity contribution is -0.158. The van der Waals surface area contributed by atoms with Crippen LogP contribution < -0.4 is 0 Å². The minimum Gasteiger partial charge on any atom is -0.393 e. The molecule has 0 unspecified atom stereocenters. The first kappa shape index (κ1) is 7.50. The number of hydrogen-bond donors (Lipinski definition) is 0. The maximum Gasteiger partial charge on any atom is 0.320 e. The van der Waals surface area contributed by atoms with Gasteiger partial charge in [-0.25, -0.2) is 0 Å². The summed E-state index contributed by atoms with van der Waals surface area (Å²) in [6.45, 7) is 1.90. The molecule has 3 aliphatic rings. The van der Waals surface area contributed by atoms with Gasteiger partial charge in [0.05, 0.1) is 17.6 Å². The lowest BCUT2D eigenvalue weighted by atomic mass is 9.74. The quantitative estimate of drug-likeness (QED) is 0.398. The molecule has 0 aromatic heterocycles. The van der Waals surface area contributed by atoms with E-state index in [4.69, 9.17) is 4.74 Å². The smallest absolute Gasteiger partial charge is 0.320 e. The van der Waals surface area contributed by atoms with E-state index in [0.29, 0.717) is 0 Å². The predicted molar refractivity (Wildman–Crippen MR) is 40.6 cm³/mol. The molecule has 3 heterocycles. The molecule has 4 atom stereocenters. The van der Waals surface area contributed by atoms with Crippen LogP contribution in [-0.2, 0) is 19.1 Å². The Balaban J connectivity index is 2.08. The highest BCUT2D eigenvalue weighted by atomic mass is 16.6. The normalized spacial score (nSPS) is 52.5. The third-order valence-corrected chi connectivity index (χ3v) is 3.49. The number of ether oxygens (including phenoxy) is 2. The third-order valence-electron chi connectivity index (χ3n) is 3.49. The summed E-state index contributed by atoms with van der Waals surface area (Å²) in [5, 5.41) is 0. The van der Waals surface area contributed by atoms with E-state index in [1.165, 1.54) is 0 Å². The van der Waals surface area contributed by atoms with Crippen LogP contribution in [0.5, 0.6) is 0 Å². The minimum atomic E-state index is -0.432. The molecule has 0 spiro atoms. The van der Waals surface area contributed by atoms with E-state index in [0.717, 1.165) is 12.8 Å². The molecule has 0 aromatic rings. The summed E-state index contributed by atoms with van der Waals surface area (Å²) >= 11 is 0. The Morgan fingerprint density at radius 2 is 2.15 bits per heavy atom. The molecule has 0 N–H and O–H groups in total. The molecule has 4 heteroatoms. The second kappa shape index (κ2) is 1.95. The minimum absolute atomic E-state index is 0.0750. The molecule has 70 valence electrons. The van der Waals surface area contributed by atoms with E-state index in [2.05, 4.69) is 4.74 Å². The van der Waals surface area contributed by atoms with Crippen molar-refractivity contribution in [1.82, 2.24) is 0 Å². The first-order valence-electron chi connectivity index (χ1n) is 4.55. The molecule has 3 rings (SSSR count). The molecular formula is C9H10O4. The van der Waals surface area contributed by atoms with Gasteiger partial charge in [0.15, 0.2) is 0 Å². The number of fused-ring (bicyclic) bond motifs is 5. The third kappa shape index (κ3) is 0.705. The fourth-order valence-corrected chi connectivity index (χ4v) is 2.88. The Morgan fingerprint density at radius 1 is 1.38 bits per heavy atom. The summed E-state index contributed by atoms with van der Waals surface area (Å²) in [5.74, 6) is -1.42. The van der Waals surface area contributed by atoms with Crippen molar-refractivity contribution in [3.63, 3.8) is 0 Å². The standard InChI is InChI=1S/C9H10O4/c1-9-3-2-4(13-9)5-6(9)8(11)12-7(5)10/h4-6H,2-3H2,1H3/t4-,5+,6+,9+/m0/s1. The molecule has 0 aliphatic carbocycles. The number of cyclic esters (lactones) is 2. The van der Waals surface area contributed by atoms with E-state index >= 15 is 0 Å². The largest absolute Gasteiger partial charge is 0.393 e. The van der Waals surface area contributed by atoms with Crippen LogP contribution in [0.2, 0.25) is 0 Å². The van der Waals surface area contributed by atoms with Crippen molar-refractivity contribution in [3.8, 4) is 0 Å². The van der Waals surface area contributed by atoms with Crippen LogP contribution in [0.3, 0.4) is 0 Å². The lowest BCUT2D eigenvalue weighted by Crippen LogP contribution is -2.37. The van der Waals surface area contributed by atoms with E-state index in [1.807, 2.05) is 6.92 Å². The van der Waals surface area contributed by atoms with Gasteiger partial charge in [-0.15, -0.1) is 0 Å². The van der Waals surface area contributed by atoms with Gasteiger partial charge in [0.1, 0.15) is 5.92 Å². The lowest BCUT2D eigenvalue weighted by Gasteiger charge is -2.24. The zero-order chi connectivity index (χ0) is 9.22. The Hall–Kier alpha value is -0.900. The second-order valence-corrected chi connectivity index (χ2v) is 4.25. The highest BCUT2D eigenvalue weighted by Gasteiger charge is 2.66. The fourth-order valence-electron chi connectivity index (χ4n) is 2.88. The van der Waals surface area contributed by atoms with Crippen LogP contribution in [0.15, 0.2) is 0 Å². The van der Waals surface area contributed by atoms with Gasteiger partial charge in [-0.2, -0.15) is 0 Å². The maximum atomic E-state index is 11.3. The number of rotatable bonds is 0. The monoisotopic (exact) mass is 182 g/mol. The van der Waals surface area contributed by atoms with E-state index < -0.39 is 5.60 Å². The van der Waals surface area contributed by atoms with Gasteiger partial charge in [0.25, 0.3) is 0 Å². The van der Waals surface area contributed by atoms with Crippen molar-refractivity contribution in [1.29, 1.82) is 0 Å². The molecule has 3 saturated heterocycles. The van der Waals surface area contributed by atoms with Crippen LogP contribution in [0.25, 0.3) is 0 Å². The number of hydrogen-bond acceptors (Lipinski definition) is 4. The summed E-state index contributed by atoms with van der Waals surface area (Å²) in [7, 11) is 0. The van der Waals surface area contributed by atoms with Crippen molar-refractivity contribution in [3.05, 3.63) is 0 Å². The Morgan fingerprint density at radius 3 is 2.85 bits per heavy atom. The number of carbonyl (C=O) groups excluding carboxylic acids is 2. The van der Waals surface area contributed by atoms with Crippen LogP contribution in [-0.4, -0.2) is 23.6 Å². The van der Waals surface area contributed by atoms with E-state index in [-0.39, 0.29) is 29.9 Å². The Bertz CT molecular complexity index is 311. The van der Waals surface area contributed by atoms with Crippen molar-refractivity contribution < 1.29 is 19.1 Å². The van der Waals surface area contributed by atoms with Crippen molar-refractivity contribution >= 4 is 11.9 Å². The molecule has 3 fully saturated rings. The van der Waals surface area contributed by atoms with Crippen LogP contribution in [0.4, 0.5) is 0 Å². The number of esters is 2. The van der Waals surface area contributed by atoms with E-state index in [9.17, 15) is 9.59 Å². The van der Waals surface area contributed by atoms with Gasteiger partial charge in [-0.05, 0) is 19.8 Å². The highest BCUT2D eigenvalue weighted by molar-refractivity contribution is 5.98. The van der Waals surface area contributed by atoms with Gasteiger partial charge in [0, 0.05) is 0 Å². The van der Waals surface area contributed by atoms with Crippen molar-refractivity contribution in [2.24, 2.45) is 11.8 Å². The Labute approximate surface area is 75.2 Å². The topological polar surface area (TPSA) is 52.6 Å². The summed E-state index contributed by atoms with van der Waals surface area (Å²) in [4.78, 5) is 22.6. The average molecular weight is 182 g/mol. The van der Waals surface area contributed by atoms with Crippen molar-refractivity contribution in [2.45, 2.75) is 31.5 Å². The molecule has 0 aromatic carbocycles. The Kier molecular flexibility index (Phi) is 1.12. The van der Waals surface area contributed by atoms with Gasteiger partial charge in [-0.3, -0.25) is 9.59 Å². The zero-order valence-corrected chi connectivity index (χ0v) is 7.28. The van der Waals surface area contributed by atoms with Crippen molar-refractivity contribution in [2.75, 3.05) is 0 Å². The summed E-state index contributed by atoms with van der Waals surface area (Å²) in [6.07, 6.45) is 1.66. The van der Waals surface area contributed by atoms with Crippen LogP contribution in [0, 0.1) is 11.8 Å². The molecule has 0 radical (unpaired) electrons. The molecule has 13 heavy (non-hydrogen) atoms. The fraction of sp³-hybridized carbons (Fsp3) is 0.778. The summed E-state index contributed by atoms with van der Waals surface area (Å²) < 4.78 is 10.3. The second-order valence-electron chi connectivity index (χ2n) is 4.25. The molecule has 3 aliphatic heterocycles. The maximum absolute atomic E-state index is 11.3. The first-order valence-corrected chi connectivity index (χ1v) is 4.55. The van der Waals surface area contributed by atoms with Gasteiger partial charge < -0.3 is 9.47 Å². The van der Waals surface area contributed by atoms with E-state index in [1.54, 1.807) is 0 Å². The average Bonchev–Trinajstić information content (AvgIpc) is 2.62.